The van der Waals surface area contributed by atoms with E-state index >= 15 is 0 Å². The van der Waals surface area contributed by atoms with E-state index in [0.29, 0.717) is 12.1 Å². The SMILES string of the molecule is Cc1ccc(C#N)c(N2CC3CCCCN3CC2C)c1. The topological polar surface area (TPSA) is 30.3 Å². The lowest BCUT2D eigenvalue weighted by atomic mass is 9.96. The van der Waals surface area contributed by atoms with Crippen molar-refractivity contribution in [2.75, 3.05) is 24.5 Å². The fourth-order valence-electron chi connectivity index (χ4n) is 3.66. The molecule has 0 aromatic heterocycles. The van der Waals surface area contributed by atoms with Gasteiger partial charge < -0.3 is 4.90 Å². The number of aryl methyl sites for hydroxylation is 1. The maximum atomic E-state index is 9.37. The van der Waals surface area contributed by atoms with Crippen LogP contribution in [0.4, 0.5) is 5.69 Å². The molecule has 3 rings (SSSR count). The highest BCUT2D eigenvalue weighted by Crippen LogP contribution is 2.30. The molecule has 3 nitrogen and oxygen atoms in total. The molecule has 2 saturated heterocycles. The third-order valence-electron chi connectivity index (χ3n) is 4.77. The number of benzene rings is 1. The molecule has 1 aromatic rings. The van der Waals surface area contributed by atoms with Gasteiger partial charge in [0.2, 0.25) is 0 Å². The zero-order valence-electron chi connectivity index (χ0n) is 12.5. The van der Waals surface area contributed by atoms with Crippen LogP contribution in [0, 0.1) is 18.3 Å². The predicted octanol–water partition coefficient (Wildman–Crippen LogP) is 2.93. The molecule has 0 aliphatic carbocycles. The van der Waals surface area contributed by atoms with Gasteiger partial charge in [0.15, 0.2) is 0 Å². The summed E-state index contributed by atoms with van der Waals surface area (Å²) in [6.45, 7) is 7.84. The molecule has 2 aliphatic rings. The van der Waals surface area contributed by atoms with Gasteiger partial charge in [-0.2, -0.15) is 5.26 Å². The van der Waals surface area contributed by atoms with Crippen LogP contribution >= 0.6 is 0 Å². The van der Waals surface area contributed by atoms with E-state index in [1.165, 1.54) is 31.4 Å². The van der Waals surface area contributed by atoms with E-state index < -0.39 is 0 Å². The van der Waals surface area contributed by atoms with Crippen molar-refractivity contribution in [1.29, 1.82) is 5.26 Å². The number of piperazine rings is 1. The van der Waals surface area contributed by atoms with Gasteiger partial charge >= 0.3 is 0 Å². The number of fused-ring (bicyclic) bond motifs is 1. The molecule has 2 fully saturated rings. The van der Waals surface area contributed by atoms with Gasteiger partial charge in [-0.15, -0.1) is 0 Å². The molecule has 0 N–H and O–H groups in total. The predicted molar refractivity (Wildman–Crippen MR) is 81.9 cm³/mol. The van der Waals surface area contributed by atoms with Crippen LogP contribution in [0.15, 0.2) is 18.2 Å². The van der Waals surface area contributed by atoms with Crippen molar-refractivity contribution in [3.05, 3.63) is 29.3 Å². The maximum Gasteiger partial charge on any atom is 0.101 e. The molecule has 0 radical (unpaired) electrons. The Hall–Kier alpha value is -1.53. The van der Waals surface area contributed by atoms with Crippen LogP contribution in [-0.4, -0.2) is 36.6 Å². The third kappa shape index (κ3) is 2.41. The molecule has 0 saturated carbocycles. The second kappa shape index (κ2) is 5.46. The van der Waals surface area contributed by atoms with Crippen molar-refractivity contribution < 1.29 is 0 Å². The Morgan fingerprint density at radius 3 is 2.90 bits per heavy atom. The molecular formula is C17H23N3. The molecule has 2 unspecified atom stereocenters. The van der Waals surface area contributed by atoms with Crippen molar-refractivity contribution >= 4 is 5.69 Å². The van der Waals surface area contributed by atoms with Crippen molar-refractivity contribution in [1.82, 2.24) is 4.90 Å². The van der Waals surface area contributed by atoms with Crippen LogP contribution in [0.3, 0.4) is 0 Å². The lowest BCUT2D eigenvalue weighted by Gasteiger charge is -2.48. The van der Waals surface area contributed by atoms with Gasteiger partial charge in [-0.1, -0.05) is 12.5 Å². The summed E-state index contributed by atoms with van der Waals surface area (Å²) >= 11 is 0. The summed E-state index contributed by atoms with van der Waals surface area (Å²) in [4.78, 5) is 5.10. The van der Waals surface area contributed by atoms with E-state index in [1.54, 1.807) is 0 Å². The summed E-state index contributed by atoms with van der Waals surface area (Å²) < 4.78 is 0. The van der Waals surface area contributed by atoms with E-state index in [9.17, 15) is 5.26 Å². The van der Waals surface area contributed by atoms with Gasteiger partial charge in [-0.05, 0) is 50.9 Å². The van der Waals surface area contributed by atoms with E-state index in [1.807, 2.05) is 12.1 Å². The largest absolute Gasteiger partial charge is 0.365 e. The lowest BCUT2D eigenvalue weighted by molar-refractivity contribution is 0.115. The summed E-state index contributed by atoms with van der Waals surface area (Å²) in [6.07, 6.45) is 4.00. The number of nitriles is 1. The number of nitrogens with zero attached hydrogens (tertiary/aromatic N) is 3. The zero-order valence-corrected chi connectivity index (χ0v) is 12.5. The first-order chi connectivity index (χ1) is 9.69. The Morgan fingerprint density at radius 2 is 2.10 bits per heavy atom. The van der Waals surface area contributed by atoms with Gasteiger partial charge in [0.25, 0.3) is 0 Å². The number of hydrogen-bond donors (Lipinski definition) is 0. The average molecular weight is 269 g/mol. The number of rotatable bonds is 1. The van der Waals surface area contributed by atoms with Crippen molar-refractivity contribution in [2.24, 2.45) is 0 Å². The smallest absolute Gasteiger partial charge is 0.101 e. The van der Waals surface area contributed by atoms with Gasteiger partial charge in [0.05, 0.1) is 11.3 Å². The number of hydrogen-bond acceptors (Lipinski definition) is 3. The average Bonchev–Trinajstić information content (AvgIpc) is 2.46. The van der Waals surface area contributed by atoms with Gasteiger partial charge in [0.1, 0.15) is 6.07 Å². The standard InChI is InChI=1S/C17H23N3/c1-13-6-7-15(10-18)17(9-13)20-12-16-5-3-4-8-19(16)11-14(20)2/h6-7,9,14,16H,3-5,8,11-12H2,1-2H3. The number of piperidine rings is 1. The molecule has 20 heavy (non-hydrogen) atoms. The van der Waals surface area contributed by atoms with Crippen LogP contribution < -0.4 is 4.90 Å². The quantitative estimate of drug-likeness (QED) is 0.785. The van der Waals surface area contributed by atoms with Crippen molar-refractivity contribution in [2.45, 2.75) is 45.2 Å². The zero-order chi connectivity index (χ0) is 14.1. The second-order valence-electron chi connectivity index (χ2n) is 6.28. The maximum absolute atomic E-state index is 9.37. The van der Waals surface area contributed by atoms with E-state index in [0.717, 1.165) is 24.3 Å². The minimum absolute atomic E-state index is 0.484. The Bertz CT molecular complexity index is 532. The minimum atomic E-state index is 0.484. The Morgan fingerprint density at radius 1 is 1.25 bits per heavy atom. The second-order valence-corrected chi connectivity index (χ2v) is 6.28. The van der Waals surface area contributed by atoms with Crippen molar-refractivity contribution in [3.63, 3.8) is 0 Å². The Labute approximate surface area is 121 Å². The number of anilines is 1. The molecule has 2 atom stereocenters. The summed E-state index contributed by atoms with van der Waals surface area (Å²) in [5, 5.41) is 9.37. The Balaban J connectivity index is 1.90. The molecule has 3 heteroatoms. The lowest BCUT2D eigenvalue weighted by Crippen LogP contribution is -2.59. The van der Waals surface area contributed by atoms with E-state index in [-0.39, 0.29) is 0 Å². The third-order valence-corrected chi connectivity index (χ3v) is 4.77. The van der Waals surface area contributed by atoms with Gasteiger partial charge in [-0.3, -0.25) is 4.90 Å². The summed E-state index contributed by atoms with van der Waals surface area (Å²) in [6, 6.07) is 9.68. The minimum Gasteiger partial charge on any atom is -0.365 e. The molecule has 1 aromatic carbocycles. The molecule has 0 amide bonds. The van der Waals surface area contributed by atoms with Crippen LogP contribution in [0.1, 0.15) is 37.3 Å². The fraction of sp³-hybridized carbons (Fsp3) is 0.588. The van der Waals surface area contributed by atoms with Crippen LogP contribution in [0.5, 0.6) is 0 Å². The van der Waals surface area contributed by atoms with Gasteiger partial charge in [-0.25, -0.2) is 0 Å². The van der Waals surface area contributed by atoms with Crippen LogP contribution in [-0.2, 0) is 0 Å². The monoisotopic (exact) mass is 269 g/mol. The molecule has 2 aliphatic heterocycles. The molecule has 2 heterocycles. The molecule has 0 spiro atoms. The summed E-state index contributed by atoms with van der Waals surface area (Å²) in [7, 11) is 0. The van der Waals surface area contributed by atoms with Crippen LogP contribution in [0.2, 0.25) is 0 Å². The first kappa shape index (κ1) is 13.5. The first-order valence-electron chi connectivity index (χ1n) is 7.70. The summed E-state index contributed by atoms with van der Waals surface area (Å²) in [5.41, 5.74) is 3.18. The van der Waals surface area contributed by atoms with E-state index in [2.05, 4.69) is 35.8 Å². The molecule has 0 bridgehead atoms. The highest BCUT2D eigenvalue weighted by atomic mass is 15.3. The van der Waals surface area contributed by atoms with E-state index in [4.69, 9.17) is 0 Å². The highest BCUT2D eigenvalue weighted by molar-refractivity contribution is 5.61. The molecular weight excluding hydrogens is 246 g/mol. The Kier molecular flexibility index (Phi) is 3.67. The van der Waals surface area contributed by atoms with Crippen LogP contribution in [0.25, 0.3) is 0 Å². The van der Waals surface area contributed by atoms with Gasteiger partial charge in [0, 0.05) is 25.2 Å². The highest BCUT2D eigenvalue weighted by Gasteiger charge is 2.33. The van der Waals surface area contributed by atoms with Crippen molar-refractivity contribution in [3.8, 4) is 6.07 Å². The normalized spacial score (nSPS) is 26.9. The fourth-order valence-corrected chi connectivity index (χ4v) is 3.66. The first-order valence-corrected chi connectivity index (χ1v) is 7.70. The molecule has 106 valence electrons. The summed E-state index contributed by atoms with van der Waals surface area (Å²) in [5.74, 6) is 0.